The average Bonchev–Trinajstić information content (AvgIpc) is 2.69. The van der Waals surface area contributed by atoms with Gasteiger partial charge in [0.1, 0.15) is 5.82 Å². The Morgan fingerprint density at radius 3 is 2.70 bits per heavy atom. The maximum atomic E-state index is 13.8. The monoisotopic (exact) mass is 350 g/mol. The van der Waals surface area contributed by atoms with E-state index >= 15 is 0 Å². The van der Waals surface area contributed by atoms with Gasteiger partial charge in [0.05, 0.1) is 21.2 Å². The Hall–Kier alpha value is -1.46. The highest BCUT2D eigenvalue weighted by molar-refractivity contribution is 9.10. The molecule has 0 aliphatic heterocycles. The highest BCUT2D eigenvalue weighted by Gasteiger charge is 2.11. The summed E-state index contributed by atoms with van der Waals surface area (Å²) < 4.78 is 16.7. The van der Waals surface area contributed by atoms with Gasteiger partial charge >= 0.3 is 0 Å². The van der Waals surface area contributed by atoms with E-state index in [-0.39, 0.29) is 5.82 Å². The van der Waals surface area contributed by atoms with E-state index in [1.54, 1.807) is 6.07 Å². The number of aryl methyl sites for hydroxylation is 2. The summed E-state index contributed by atoms with van der Waals surface area (Å²) in [4.78, 5) is 3.17. The van der Waals surface area contributed by atoms with Crippen LogP contribution < -0.4 is 0 Å². The number of hydrogen-bond acceptors (Lipinski definition) is 1. The molecule has 2 aromatic carbocycles. The van der Waals surface area contributed by atoms with E-state index in [9.17, 15) is 4.39 Å². The van der Waals surface area contributed by atoms with E-state index in [1.807, 2.05) is 36.6 Å². The number of fused-ring (bicyclic) bond motifs is 1. The minimum atomic E-state index is -0.297. The summed E-state index contributed by atoms with van der Waals surface area (Å²) >= 11 is 8.59. The second-order valence-electron chi connectivity index (χ2n) is 4.84. The van der Waals surface area contributed by atoms with Gasteiger partial charge in [-0.3, -0.25) is 4.57 Å². The van der Waals surface area contributed by atoms with Crippen LogP contribution in [0.25, 0.3) is 16.7 Å². The molecule has 102 valence electrons. The molecule has 0 fully saturated rings. The van der Waals surface area contributed by atoms with Crippen LogP contribution in [0.2, 0.25) is 0 Å². The Bertz CT molecular complexity index is 879. The molecule has 0 unspecified atom stereocenters. The predicted molar refractivity (Wildman–Crippen MR) is 85.6 cm³/mol. The molecule has 1 N–H and O–H groups in total. The van der Waals surface area contributed by atoms with Crippen molar-refractivity contribution in [3.8, 4) is 5.69 Å². The first-order valence-corrected chi connectivity index (χ1v) is 7.35. The predicted octanol–water partition coefficient (Wildman–Crippen LogP) is 5.21. The molecule has 0 aliphatic rings. The fourth-order valence-electron chi connectivity index (χ4n) is 2.34. The number of halogens is 2. The van der Waals surface area contributed by atoms with Gasteiger partial charge in [-0.25, -0.2) is 4.39 Å². The molecule has 1 aromatic heterocycles. The quantitative estimate of drug-likeness (QED) is 0.597. The molecule has 0 radical (unpaired) electrons. The van der Waals surface area contributed by atoms with Crippen LogP contribution in [0.15, 0.2) is 34.8 Å². The zero-order valence-electron chi connectivity index (χ0n) is 11.0. The van der Waals surface area contributed by atoms with Crippen LogP contribution >= 0.6 is 28.1 Å². The Morgan fingerprint density at radius 2 is 1.95 bits per heavy atom. The first-order chi connectivity index (χ1) is 9.47. The molecule has 0 amide bonds. The molecule has 0 saturated carbocycles. The zero-order chi connectivity index (χ0) is 14.4. The molecule has 3 rings (SSSR count). The fraction of sp³-hybridized carbons (Fsp3) is 0.133. The van der Waals surface area contributed by atoms with Gasteiger partial charge in [-0.15, -0.1) is 0 Å². The van der Waals surface area contributed by atoms with Crippen molar-refractivity contribution in [3.05, 3.63) is 56.5 Å². The van der Waals surface area contributed by atoms with Crippen molar-refractivity contribution < 1.29 is 4.39 Å². The van der Waals surface area contributed by atoms with Crippen LogP contribution in [0.3, 0.4) is 0 Å². The van der Waals surface area contributed by atoms with Crippen LogP contribution in [-0.4, -0.2) is 9.55 Å². The van der Waals surface area contributed by atoms with Crippen molar-refractivity contribution in [2.24, 2.45) is 0 Å². The molecular formula is C15H12BrFN2S. The molecular weight excluding hydrogens is 339 g/mol. The summed E-state index contributed by atoms with van der Waals surface area (Å²) in [6, 6.07) is 9.32. The first kappa shape index (κ1) is 13.5. The molecule has 2 nitrogen and oxygen atoms in total. The van der Waals surface area contributed by atoms with Gasteiger partial charge in [0.15, 0.2) is 4.77 Å². The van der Waals surface area contributed by atoms with E-state index in [0.29, 0.717) is 9.24 Å². The van der Waals surface area contributed by atoms with Gasteiger partial charge in [0.25, 0.3) is 0 Å². The lowest BCUT2D eigenvalue weighted by Crippen LogP contribution is -1.98. The molecule has 0 spiro atoms. The number of aromatic nitrogens is 2. The summed E-state index contributed by atoms with van der Waals surface area (Å²) in [5, 5.41) is 0. The van der Waals surface area contributed by atoms with Crippen molar-refractivity contribution in [2.45, 2.75) is 13.8 Å². The lowest BCUT2D eigenvalue weighted by atomic mass is 10.2. The lowest BCUT2D eigenvalue weighted by molar-refractivity contribution is 0.619. The highest BCUT2D eigenvalue weighted by Crippen LogP contribution is 2.27. The van der Waals surface area contributed by atoms with Crippen LogP contribution in [0.4, 0.5) is 4.39 Å². The van der Waals surface area contributed by atoms with Gasteiger partial charge in [0, 0.05) is 0 Å². The van der Waals surface area contributed by atoms with E-state index < -0.39 is 0 Å². The highest BCUT2D eigenvalue weighted by atomic mass is 79.9. The first-order valence-electron chi connectivity index (χ1n) is 6.15. The van der Waals surface area contributed by atoms with Gasteiger partial charge < -0.3 is 4.98 Å². The van der Waals surface area contributed by atoms with Crippen molar-refractivity contribution in [1.29, 1.82) is 0 Å². The SMILES string of the molecule is Cc1ccc2c(c1)[nH]c(=S)n2-c1cc(F)c(Br)cc1C. The summed E-state index contributed by atoms with van der Waals surface area (Å²) in [6.07, 6.45) is 0. The second kappa shape index (κ2) is 4.82. The smallest absolute Gasteiger partial charge is 0.182 e. The molecule has 1 heterocycles. The standard InChI is InChI=1S/C15H12BrFN2S/c1-8-3-4-13-12(5-8)18-15(20)19(13)14-7-11(17)10(16)6-9(14)2/h3-7H,1-2H3,(H,18,20). The topological polar surface area (TPSA) is 20.7 Å². The normalized spacial score (nSPS) is 11.2. The number of rotatable bonds is 1. The van der Waals surface area contributed by atoms with E-state index in [0.717, 1.165) is 27.8 Å². The number of benzene rings is 2. The third-order valence-electron chi connectivity index (χ3n) is 3.32. The number of hydrogen-bond donors (Lipinski definition) is 1. The summed E-state index contributed by atoms with van der Waals surface area (Å²) in [6.45, 7) is 3.96. The maximum absolute atomic E-state index is 13.8. The summed E-state index contributed by atoms with van der Waals surface area (Å²) in [7, 11) is 0. The summed E-state index contributed by atoms with van der Waals surface area (Å²) in [5.41, 5.74) is 4.77. The molecule has 0 aliphatic carbocycles. The van der Waals surface area contributed by atoms with Crippen molar-refractivity contribution in [1.82, 2.24) is 9.55 Å². The number of nitrogens with zero attached hydrogens (tertiary/aromatic N) is 1. The van der Waals surface area contributed by atoms with Crippen molar-refractivity contribution in [3.63, 3.8) is 0 Å². The van der Waals surface area contributed by atoms with Gasteiger partial charge in [-0.1, -0.05) is 6.07 Å². The Labute approximate surface area is 129 Å². The number of aromatic amines is 1. The van der Waals surface area contributed by atoms with E-state index in [2.05, 4.69) is 20.9 Å². The second-order valence-corrected chi connectivity index (χ2v) is 6.08. The van der Waals surface area contributed by atoms with Crippen LogP contribution in [0.5, 0.6) is 0 Å². The van der Waals surface area contributed by atoms with Crippen LogP contribution in [0, 0.1) is 24.4 Å². The lowest BCUT2D eigenvalue weighted by Gasteiger charge is -2.10. The molecule has 5 heteroatoms. The molecule has 3 aromatic rings. The Morgan fingerprint density at radius 1 is 1.20 bits per heavy atom. The number of nitrogens with one attached hydrogen (secondary N) is 1. The molecule has 0 bridgehead atoms. The molecule has 0 saturated heterocycles. The number of H-pyrrole nitrogens is 1. The van der Waals surface area contributed by atoms with Gasteiger partial charge in [-0.2, -0.15) is 0 Å². The molecule has 20 heavy (non-hydrogen) atoms. The Balaban J connectivity index is 2.38. The molecule has 0 atom stereocenters. The van der Waals surface area contributed by atoms with Crippen LogP contribution in [-0.2, 0) is 0 Å². The largest absolute Gasteiger partial charge is 0.330 e. The van der Waals surface area contributed by atoms with E-state index in [1.165, 1.54) is 6.07 Å². The average molecular weight is 351 g/mol. The van der Waals surface area contributed by atoms with Crippen molar-refractivity contribution >= 4 is 39.2 Å². The van der Waals surface area contributed by atoms with Gasteiger partial charge in [-0.05, 0) is 77.4 Å². The van der Waals surface area contributed by atoms with Crippen LogP contribution in [0.1, 0.15) is 11.1 Å². The fourth-order valence-corrected chi connectivity index (χ4v) is 3.11. The third-order valence-corrected chi connectivity index (χ3v) is 4.21. The van der Waals surface area contributed by atoms with Crippen molar-refractivity contribution in [2.75, 3.05) is 0 Å². The zero-order valence-corrected chi connectivity index (χ0v) is 13.4. The minimum Gasteiger partial charge on any atom is -0.330 e. The Kier molecular flexibility index (Phi) is 3.26. The third kappa shape index (κ3) is 2.11. The summed E-state index contributed by atoms with van der Waals surface area (Å²) in [5.74, 6) is -0.297. The maximum Gasteiger partial charge on any atom is 0.182 e. The number of imidazole rings is 1. The van der Waals surface area contributed by atoms with Gasteiger partial charge in [0.2, 0.25) is 0 Å². The minimum absolute atomic E-state index is 0.297. The van der Waals surface area contributed by atoms with E-state index in [4.69, 9.17) is 12.2 Å².